The lowest BCUT2D eigenvalue weighted by molar-refractivity contribution is -0.131. The summed E-state index contributed by atoms with van der Waals surface area (Å²) in [5.74, 6) is 0.0291. The van der Waals surface area contributed by atoms with Crippen molar-refractivity contribution in [1.82, 2.24) is 5.32 Å². The molecule has 0 heterocycles. The highest BCUT2D eigenvalue weighted by Gasteiger charge is 2.05. The minimum atomic E-state index is -0.642. The van der Waals surface area contributed by atoms with Gasteiger partial charge in [0.25, 0.3) is 5.91 Å². The number of carbonyl (C=O) groups excluding carboxylic acids is 2. The molecule has 0 aliphatic heterocycles. The molecular weight excluding hydrogens is 262 g/mol. The first-order valence-corrected chi connectivity index (χ1v) is 5.02. The number of aldehydes is 1. The zero-order valence-electron chi connectivity index (χ0n) is 8.12. The zero-order valence-corrected chi connectivity index (χ0v) is 9.71. The summed E-state index contributed by atoms with van der Waals surface area (Å²) in [6.45, 7) is 0.264. The summed E-state index contributed by atoms with van der Waals surface area (Å²) >= 11 is 3.31. The lowest BCUT2D eigenvalue weighted by atomic mass is 10.2. The van der Waals surface area contributed by atoms with Gasteiger partial charge in [0.1, 0.15) is 5.75 Å². The van der Waals surface area contributed by atoms with Gasteiger partial charge in [0, 0.05) is 16.6 Å². The van der Waals surface area contributed by atoms with E-state index < -0.39 is 5.91 Å². The normalized spacial score (nSPS) is 9.47. The van der Waals surface area contributed by atoms with Gasteiger partial charge in [0.2, 0.25) is 6.29 Å². The highest BCUT2D eigenvalue weighted by Crippen LogP contribution is 2.22. The van der Waals surface area contributed by atoms with Crippen molar-refractivity contribution in [2.45, 2.75) is 6.54 Å². The Kier molecular flexibility index (Phi) is 4.30. The number of hydrogen-bond donors (Lipinski definition) is 1. The van der Waals surface area contributed by atoms with E-state index in [-0.39, 0.29) is 12.8 Å². The number of benzene rings is 1. The van der Waals surface area contributed by atoms with E-state index in [1.807, 2.05) is 12.1 Å². The number of halogens is 1. The fourth-order valence-corrected chi connectivity index (χ4v) is 1.52. The molecule has 15 heavy (non-hydrogen) atoms. The topological polar surface area (TPSA) is 55.4 Å². The summed E-state index contributed by atoms with van der Waals surface area (Å²) < 4.78 is 5.99. The lowest BCUT2D eigenvalue weighted by Crippen LogP contribution is -2.23. The van der Waals surface area contributed by atoms with E-state index in [0.717, 1.165) is 10.0 Å². The van der Waals surface area contributed by atoms with Crippen LogP contribution in [0.5, 0.6) is 5.75 Å². The Labute approximate surface area is 95.7 Å². The fraction of sp³-hybridized carbons (Fsp3) is 0.200. The molecule has 0 aliphatic rings. The third-order valence-electron chi connectivity index (χ3n) is 1.80. The molecule has 0 bridgehead atoms. The molecule has 80 valence electrons. The largest absolute Gasteiger partial charge is 0.496 e. The summed E-state index contributed by atoms with van der Waals surface area (Å²) in [6.07, 6.45) is 0.241. The van der Waals surface area contributed by atoms with E-state index in [1.165, 1.54) is 0 Å². The molecule has 0 unspecified atom stereocenters. The molecule has 1 N–H and O–H groups in total. The highest BCUT2D eigenvalue weighted by atomic mass is 79.9. The van der Waals surface area contributed by atoms with Crippen molar-refractivity contribution in [3.63, 3.8) is 0 Å². The maximum atomic E-state index is 10.7. The molecule has 0 aromatic heterocycles. The van der Waals surface area contributed by atoms with Crippen LogP contribution in [0, 0.1) is 0 Å². The van der Waals surface area contributed by atoms with Crippen LogP contribution in [0.2, 0.25) is 0 Å². The quantitative estimate of drug-likeness (QED) is 0.663. The Hall–Kier alpha value is -1.36. The first-order chi connectivity index (χ1) is 7.17. The van der Waals surface area contributed by atoms with Crippen molar-refractivity contribution in [3.8, 4) is 5.75 Å². The Morgan fingerprint density at radius 3 is 2.93 bits per heavy atom. The molecule has 1 aromatic carbocycles. The maximum Gasteiger partial charge on any atom is 0.284 e. The SMILES string of the molecule is COc1ccc(Br)cc1CNC(=O)C=O. The lowest BCUT2D eigenvalue weighted by Gasteiger charge is -2.08. The van der Waals surface area contributed by atoms with Crippen LogP contribution in [0.25, 0.3) is 0 Å². The molecular formula is C10H10BrNO3. The maximum absolute atomic E-state index is 10.7. The minimum Gasteiger partial charge on any atom is -0.496 e. The van der Waals surface area contributed by atoms with E-state index in [2.05, 4.69) is 21.2 Å². The number of nitrogens with one attached hydrogen (secondary N) is 1. The second-order valence-electron chi connectivity index (χ2n) is 2.79. The number of rotatable bonds is 4. The summed E-state index contributed by atoms with van der Waals surface area (Å²) in [7, 11) is 1.55. The molecule has 0 saturated carbocycles. The summed E-state index contributed by atoms with van der Waals surface area (Å²) in [4.78, 5) is 20.8. The Morgan fingerprint density at radius 2 is 2.33 bits per heavy atom. The van der Waals surface area contributed by atoms with Crippen LogP contribution < -0.4 is 10.1 Å². The van der Waals surface area contributed by atoms with Gasteiger partial charge in [-0.1, -0.05) is 15.9 Å². The first-order valence-electron chi connectivity index (χ1n) is 4.22. The number of amides is 1. The van der Waals surface area contributed by atoms with Gasteiger partial charge < -0.3 is 10.1 Å². The highest BCUT2D eigenvalue weighted by molar-refractivity contribution is 9.10. The van der Waals surface area contributed by atoms with E-state index in [4.69, 9.17) is 4.74 Å². The summed E-state index contributed by atoms with van der Waals surface area (Å²) in [5, 5.41) is 2.44. The fourth-order valence-electron chi connectivity index (χ4n) is 1.11. The van der Waals surface area contributed by atoms with E-state index >= 15 is 0 Å². The number of methoxy groups -OCH3 is 1. The molecule has 1 amide bonds. The van der Waals surface area contributed by atoms with Crippen molar-refractivity contribution < 1.29 is 14.3 Å². The van der Waals surface area contributed by atoms with Crippen molar-refractivity contribution in [2.24, 2.45) is 0 Å². The predicted octanol–water partition coefficient (Wildman–Crippen LogP) is 1.27. The molecule has 0 fully saturated rings. The van der Waals surface area contributed by atoms with Gasteiger partial charge >= 0.3 is 0 Å². The van der Waals surface area contributed by atoms with Crippen LogP contribution in [-0.4, -0.2) is 19.3 Å². The Balaban J connectivity index is 2.78. The van der Waals surface area contributed by atoms with Crippen molar-refractivity contribution in [1.29, 1.82) is 0 Å². The Bertz CT molecular complexity index is 379. The van der Waals surface area contributed by atoms with Crippen molar-refractivity contribution in [2.75, 3.05) is 7.11 Å². The summed E-state index contributed by atoms with van der Waals surface area (Å²) in [5.41, 5.74) is 0.807. The summed E-state index contributed by atoms with van der Waals surface area (Å²) in [6, 6.07) is 5.44. The van der Waals surface area contributed by atoms with Crippen LogP contribution in [0.4, 0.5) is 0 Å². The molecule has 0 radical (unpaired) electrons. The van der Waals surface area contributed by atoms with E-state index in [9.17, 15) is 9.59 Å². The smallest absolute Gasteiger partial charge is 0.284 e. The zero-order chi connectivity index (χ0) is 11.3. The molecule has 0 aliphatic carbocycles. The van der Waals surface area contributed by atoms with Crippen molar-refractivity contribution >= 4 is 28.1 Å². The van der Waals surface area contributed by atoms with Gasteiger partial charge in [-0.3, -0.25) is 9.59 Å². The first kappa shape index (κ1) is 11.7. The number of ether oxygens (including phenoxy) is 1. The molecule has 1 aromatic rings. The van der Waals surface area contributed by atoms with Gasteiger partial charge in [-0.25, -0.2) is 0 Å². The van der Waals surface area contributed by atoms with Crippen LogP contribution in [-0.2, 0) is 16.1 Å². The molecule has 0 atom stereocenters. The number of carbonyl (C=O) groups is 2. The molecule has 0 saturated heterocycles. The second-order valence-corrected chi connectivity index (χ2v) is 3.71. The third kappa shape index (κ3) is 3.36. The average Bonchev–Trinajstić information content (AvgIpc) is 2.26. The average molecular weight is 272 g/mol. The second kappa shape index (κ2) is 5.50. The van der Waals surface area contributed by atoms with Crippen molar-refractivity contribution in [3.05, 3.63) is 28.2 Å². The minimum absolute atomic E-state index is 0.241. The van der Waals surface area contributed by atoms with Gasteiger partial charge in [-0.2, -0.15) is 0 Å². The molecule has 0 spiro atoms. The monoisotopic (exact) mass is 271 g/mol. The molecule has 5 heteroatoms. The standard InChI is InChI=1S/C10H10BrNO3/c1-15-9-3-2-8(11)4-7(9)5-12-10(14)6-13/h2-4,6H,5H2,1H3,(H,12,14). The van der Waals surface area contributed by atoms with Crippen LogP contribution in [0.1, 0.15) is 5.56 Å². The molecule has 1 rings (SSSR count). The van der Waals surface area contributed by atoms with Crippen LogP contribution in [0.15, 0.2) is 22.7 Å². The van der Waals surface area contributed by atoms with Gasteiger partial charge in [0.15, 0.2) is 0 Å². The van der Waals surface area contributed by atoms with E-state index in [0.29, 0.717) is 5.75 Å². The third-order valence-corrected chi connectivity index (χ3v) is 2.30. The van der Waals surface area contributed by atoms with Gasteiger partial charge in [0.05, 0.1) is 7.11 Å². The van der Waals surface area contributed by atoms with Gasteiger partial charge in [-0.15, -0.1) is 0 Å². The predicted molar refractivity (Wildman–Crippen MR) is 58.6 cm³/mol. The molecule has 4 nitrogen and oxygen atoms in total. The van der Waals surface area contributed by atoms with Crippen LogP contribution in [0.3, 0.4) is 0 Å². The van der Waals surface area contributed by atoms with E-state index in [1.54, 1.807) is 13.2 Å². The van der Waals surface area contributed by atoms with Crippen LogP contribution >= 0.6 is 15.9 Å². The number of hydrogen-bond acceptors (Lipinski definition) is 3. The Morgan fingerprint density at radius 1 is 1.60 bits per heavy atom. The van der Waals surface area contributed by atoms with Gasteiger partial charge in [-0.05, 0) is 18.2 Å².